The molecule has 1 saturated heterocycles. The second-order valence-electron chi connectivity index (χ2n) is 9.59. The van der Waals surface area contributed by atoms with Gasteiger partial charge in [-0.15, -0.1) is 0 Å². The van der Waals surface area contributed by atoms with Gasteiger partial charge in [0, 0.05) is 49.9 Å². The lowest BCUT2D eigenvalue weighted by molar-refractivity contribution is 0.185. The smallest absolute Gasteiger partial charge is 0.135 e. The largest absolute Gasteiger partial charge is 0.380 e. The maximum absolute atomic E-state index is 4.93. The summed E-state index contributed by atoms with van der Waals surface area (Å²) in [5.41, 5.74) is 7.91. The van der Waals surface area contributed by atoms with E-state index in [9.17, 15) is 0 Å². The van der Waals surface area contributed by atoms with Crippen molar-refractivity contribution < 1.29 is 4.74 Å². The van der Waals surface area contributed by atoms with Crippen LogP contribution in [0.4, 0.5) is 5.82 Å². The molecular weight excluding hydrogens is 594 g/mol. The molecule has 1 aliphatic carbocycles. The van der Waals surface area contributed by atoms with Gasteiger partial charge in [0.1, 0.15) is 12.1 Å². The number of rotatable bonds is 5. The Labute approximate surface area is 233 Å². The minimum Gasteiger partial charge on any atom is -0.380 e. The number of halogens is 1. The van der Waals surface area contributed by atoms with Crippen molar-refractivity contribution in [2.75, 3.05) is 38.2 Å². The molecule has 9 heteroatoms. The highest BCUT2D eigenvalue weighted by Crippen LogP contribution is 2.40. The molecule has 2 aromatic carbocycles. The Morgan fingerprint density at radius 2 is 1.92 bits per heavy atom. The average Bonchev–Trinajstić information content (AvgIpc) is 3.37. The Hall–Kier alpha value is -2.13. The fourth-order valence-electron chi connectivity index (χ4n) is 5.50. The molecule has 7 nitrogen and oxygen atoms in total. The van der Waals surface area contributed by atoms with Crippen LogP contribution in [0.15, 0.2) is 55.0 Å². The van der Waals surface area contributed by atoms with E-state index in [4.69, 9.17) is 9.72 Å². The van der Waals surface area contributed by atoms with Crippen molar-refractivity contribution in [1.29, 1.82) is 0 Å². The number of methoxy groups -OCH3 is 1. The molecular formula is C28H34IN6OP. The molecule has 3 heterocycles. The van der Waals surface area contributed by atoms with E-state index in [1.807, 2.05) is 30.3 Å². The lowest BCUT2D eigenvalue weighted by Gasteiger charge is -2.33. The standard InChI is InChI=1S/C20H24IN6P.C8H10O/c1-13-2-5-18-16(11-25-27(18)28-21)19(13)14-3-4-15-17(10-14)23-12-24-20(15)26-8-6-22-7-9-26;1-9-7-8-5-3-2-4-6-8/h2,5,11-12,14,22,28H,3-4,6-10H2,1H3;2-6H,7H2,1H3. The van der Waals surface area contributed by atoms with Crippen molar-refractivity contribution >= 4 is 45.1 Å². The highest BCUT2D eigenvalue weighted by atomic mass is 127. The van der Waals surface area contributed by atoms with Crippen molar-refractivity contribution in [2.24, 2.45) is 0 Å². The first-order valence-electron chi connectivity index (χ1n) is 12.8. The predicted octanol–water partition coefficient (Wildman–Crippen LogP) is 5.44. The summed E-state index contributed by atoms with van der Waals surface area (Å²) >= 11 is 2.40. The number of aromatic nitrogens is 4. The Kier molecular flexibility index (Phi) is 9.02. The SMILES string of the molecule is COCc1ccccc1.Cc1ccc2c(cnn2PI)c1C1CCc2c(ncnc2N2CCNCC2)C1. The van der Waals surface area contributed by atoms with Crippen molar-refractivity contribution in [3.05, 3.63) is 82.9 Å². The monoisotopic (exact) mass is 628 g/mol. The Morgan fingerprint density at radius 3 is 2.68 bits per heavy atom. The first kappa shape index (κ1) is 26.5. The van der Waals surface area contributed by atoms with E-state index in [2.05, 4.69) is 72.0 Å². The molecule has 2 atom stereocenters. The Morgan fingerprint density at radius 1 is 1.11 bits per heavy atom. The van der Waals surface area contributed by atoms with Crippen molar-refractivity contribution in [2.45, 2.75) is 38.7 Å². The third-order valence-corrected chi connectivity index (χ3v) is 9.15. The number of fused-ring (bicyclic) bond motifs is 2. The van der Waals surface area contributed by atoms with Crippen LogP contribution < -0.4 is 10.2 Å². The van der Waals surface area contributed by atoms with Crippen LogP contribution in [-0.2, 0) is 24.2 Å². The molecule has 6 rings (SSSR count). The minimum absolute atomic E-state index is 0.497. The van der Waals surface area contributed by atoms with Crippen molar-refractivity contribution in [1.82, 2.24) is 24.8 Å². The van der Waals surface area contributed by atoms with E-state index in [0.29, 0.717) is 18.9 Å². The van der Waals surface area contributed by atoms with Gasteiger partial charge in [-0.3, -0.25) is 0 Å². The van der Waals surface area contributed by atoms with Gasteiger partial charge in [-0.05, 0) is 76.9 Å². The van der Waals surface area contributed by atoms with Crippen LogP contribution in [0.5, 0.6) is 0 Å². The summed E-state index contributed by atoms with van der Waals surface area (Å²) in [6, 6.07) is 14.6. The lowest BCUT2D eigenvalue weighted by atomic mass is 9.79. The molecule has 0 amide bonds. The van der Waals surface area contributed by atoms with Crippen LogP contribution in [0.2, 0.25) is 0 Å². The Balaban J connectivity index is 0.000000265. The summed E-state index contributed by atoms with van der Waals surface area (Å²) in [7, 11) is 1.70. The van der Waals surface area contributed by atoms with Crippen molar-refractivity contribution in [3.8, 4) is 0 Å². The van der Waals surface area contributed by atoms with Gasteiger partial charge in [-0.25, -0.2) is 14.4 Å². The molecule has 1 N–H and O–H groups in total. The number of benzene rings is 2. The van der Waals surface area contributed by atoms with Gasteiger partial charge in [0.05, 0.1) is 24.7 Å². The highest BCUT2D eigenvalue weighted by molar-refractivity contribution is 14.2. The van der Waals surface area contributed by atoms with Crippen LogP contribution >= 0.6 is 28.4 Å². The summed E-state index contributed by atoms with van der Waals surface area (Å²) in [4.78, 5) is 11.8. The van der Waals surface area contributed by atoms with Gasteiger partial charge in [0.2, 0.25) is 0 Å². The lowest BCUT2D eigenvalue weighted by Crippen LogP contribution is -2.44. The summed E-state index contributed by atoms with van der Waals surface area (Å²) < 4.78 is 7.04. The maximum Gasteiger partial charge on any atom is 0.135 e. The summed E-state index contributed by atoms with van der Waals surface area (Å²) in [5.74, 6) is 1.66. The van der Waals surface area contributed by atoms with Crippen LogP contribution in [0.25, 0.3) is 10.9 Å². The van der Waals surface area contributed by atoms with E-state index in [0.717, 1.165) is 45.4 Å². The number of hydrogen-bond donors (Lipinski definition) is 1. The first-order valence-corrected chi connectivity index (χ1v) is 16.9. The molecule has 2 aromatic heterocycles. The fraction of sp³-hybridized carbons (Fsp3) is 0.393. The van der Waals surface area contributed by atoms with Gasteiger partial charge in [0.15, 0.2) is 0 Å². The zero-order valence-corrected chi connectivity index (χ0v) is 24.6. The molecule has 37 heavy (non-hydrogen) atoms. The number of anilines is 1. The fourth-order valence-corrected chi connectivity index (χ4v) is 7.04. The van der Waals surface area contributed by atoms with E-state index in [1.54, 1.807) is 13.4 Å². The number of ether oxygens (including phenoxy) is 1. The maximum atomic E-state index is 4.93. The Bertz CT molecular complexity index is 1330. The third kappa shape index (κ3) is 5.98. The third-order valence-electron chi connectivity index (χ3n) is 7.27. The molecule has 0 saturated carbocycles. The topological polar surface area (TPSA) is 68.1 Å². The van der Waals surface area contributed by atoms with Gasteiger partial charge < -0.3 is 15.0 Å². The molecule has 4 aromatic rings. The highest BCUT2D eigenvalue weighted by Gasteiger charge is 2.28. The number of hydrogen-bond acceptors (Lipinski definition) is 6. The summed E-state index contributed by atoms with van der Waals surface area (Å²) in [5, 5.41) is 9.36. The molecule has 0 spiro atoms. The van der Waals surface area contributed by atoms with E-state index < -0.39 is 0 Å². The molecule has 2 aliphatic rings. The van der Waals surface area contributed by atoms with Gasteiger partial charge in [-0.1, -0.05) is 36.4 Å². The number of nitrogens with zero attached hydrogens (tertiary/aromatic N) is 5. The summed E-state index contributed by atoms with van der Waals surface area (Å²) in [6.07, 6.45) is 7.65. The van der Waals surface area contributed by atoms with E-state index in [-0.39, 0.29) is 0 Å². The quantitative estimate of drug-likeness (QED) is 0.235. The molecule has 0 bridgehead atoms. The zero-order chi connectivity index (χ0) is 25.6. The van der Waals surface area contributed by atoms with Crippen LogP contribution in [0.3, 0.4) is 0 Å². The van der Waals surface area contributed by atoms with Crippen molar-refractivity contribution in [3.63, 3.8) is 0 Å². The van der Waals surface area contributed by atoms with Crippen LogP contribution in [-0.4, -0.2) is 52.8 Å². The van der Waals surface area contributed by atoms with Gasteiger partial charge >= 0.3 is 0 Å². The second kappa shape index (κ2) is 12.6. The van der Waals surface area contributed by atoms with E-state index in [1.165, 1.54) is 44.7 Å². The number of aryl methyl sites for hydroxylation is 1. The average molecular weight is 628 g/mol. The minimum atomic E-state index is 0.497. The molecule has 194 valence electrons. The number of piperazine rings is 1. The molecule has 0 radical (unpaired) electrons. The normalized spacial score (nSPS) is 17.6. The predicted molar refractivity (Wildman–Crippen MR) is 161 cm³/mol. The summed E-state index contributed by atoms with van der Waals surface area (Å²) in [6.45, 7) is 7.07. The zero-order valence-electron chi connectivity index (χ0n) is 21.5. The number of nitrogens with one attached hydrogen (secondary N) is 1. The molecule has 1 fully saturated rings. The van der Waals surface area contributed by atoms with Gasteiger partial charge in [0.25, 0.3) is 0 Å². The van der Waals surface area contributed by atoms with Crippen LogP contribution in [0, 0.1) is 6.92 Å². The molecule has 1 aliphatic heterocycles. The molecule has 2 unspecified atom stereocenters. The van der Waals surface area contributed by atoms with Gasteiger partial charge in [-0.2, -0.15) is 5.10 Å². The first-order chi connectivity index (χ1) is 18.2. The second-order valence-corrected chi connectivity index (χ2v) is 11.6. The van der Waals surface area contributed by atoms with E-state index >= 15 is 0 Å². The van der Waals surface area contributed by atoms with Crippen LogP contribution in [0.1, 0.15) is 40.3 Å².